The largest absolute Gasteiger partial charge is 0.465 e. The van der Waals surface area contributed by atoms with E-state index in [0.29, 0.717) is 5.56 Å². The van der Waals surface area contributed by atoms with Gasteiger partial charge in [0.15, 0.2) is 0 Å². The minimum absolute atomic E-state index is 0.230. The van der Waals surface area contributed by atoms with E-state index in [2.05, 4.69) is 6.07 Å². The molecule has 0 aromatic heterocycles. The van der Waals surface area contributed by atoms with E-state index in [1.165, 1.54) is 11.8 Å². The van der Waals surface area contributed by atoms with Crippen molar-refractivity contribution in [1.29, 1.82) is 5.26 Å². The Balaban J connectivity index is 2.10. The number of nitrogens with zero attached hydrogens (tertiary/aromatic N) is 1. The van der Waals surface area contributed by atoms with E-state index in [0.717, 1.165) is 5.56 Å². The van der Waals surface area contributed by atoms with Crippen LogP contribution in [-0.2, 0) is 15.1 Å². The molecule has 0 aliphatic carbocycles. The number of aliphatic hydroxyl groups is 1. The van der Waals surface area contributed by atoms with E-state index in [4.69, 9.17) is 4.74 Å². The van der Waals surface area contributed by atoms with Crippen molar-refractivity contribution in [2.45, 2.75) is 23.0 Å². The average molecular weight is 353 g/mol. The van der Waals surface area contributed by atoms with Crippen molar-refractivity contribution in [2.24, 2.45) is 5.92 Å². The maximum Gasteiger partial charge on any atom is 0.322 e. The Morgan fingerprint density at radius 2 is 1.80 bits per heavy atom. The molecule has 3 rings (SSSR count). The molecule has 4 nitrogen and oxygen atoms in total. The van der Waals surface area contributed by atoms with Crippen molar-refractivity contribution in [3.05, 3.63) is 71.8 Å². The van der Waals surface area contributed by atoms with Crippen LogP contribution >= 0.6 is 11.8 Å². The van der Waals surface area contributed by atoms with Crippen LogP contribution in [0.5, 0.6) is 0 Å². The molecule has 2 aromatic carbocycles. The molecule has 0 unspecified atom stereocenters. The van der Waals surface area contributed by atoms with Gasteiger partial charge < -0.3 is 9.84 Å². The molecule has 1 fully saturated rings. The first-order valence-corrected chi connectivity index (χ1v) is 9.11. The van der Waals surface area contributed by atoms with Crippen LogP contribution in [0.15, 0.2) is 60.7 Å². The fourth-order valence-electron chi connectivity index (χ4n) is 3.29. The zero-order valence-corrected chi connectivity index (χ0v) is 14.6. The summed E-state index contributed by atoms with van der Waals surface area (Å²) in [5.41, 5.74) is -0.126. The van der Waals surface area contributed by atoms with Gasteiger partial charge in [0.05, 0.1) is 18.6 Å². The summed E-state index contributed by atoms with van der Waals surface area (Å²) in [6.07, 6.45) is 0. The van der Waals surface area contributed by atoms with E-state index in [1.54, 1.807) is 31.2 Å². The van der Waals surface area contributed by atoms with Gasteiger partial charge in [-0.25, -0.2) is 0 Å². The number of carbonyl (C=O) groups excluding carboxylic acids is 1. The van der Waals surface area contributed by atoms with Gasteiger partial charge in [-0.05, 0) is 18.1 Å². The number of hydrogen-bond donors (Lipinski definition) is 1. The molecule has 1 heterocycles. The number of esters is 1. The van der Waals surface area contributed by atoms with E-state index in [1.807, 2.05) is 36.4 Å². The zero-order valence-electron chi connectivity index (χ0n) is 13.8. The number of rotatable bonds is 4. The maximum atomic E-state index is 12.6. The number of nitriles is 1. The Hall–Kier alpha value is -2.29. The number of benzene rings is 2. The highest BCUT2D eigenvalue weighted by atomic mass is 32.2. The van der Waals surface area contributed by atoms with E-state index in [9.17, 15) is 15.2 Å². The molecule has 0 bridgehead atoms. The van der Waals surface area contributed by atoms with Gasteiger partial charge in [0.25, 0.3) is 0 Å². The van der Waals surface area contributed by atoms with E-state index in [-0.39, 0.29) is 11.9 Å². The van der Waals surface area contributed by atoms with Crippen molar-refractivity contribution in [3.63, 3.8) is 0 Å². The van der Waals surface area contributed by atoms with Crippen molar-refractivity contribution < 1.29 is 14.6 Å². The van der Waals surface area contributed by atoms with Gasteiger partial charge in [-0.1, -0.05) is 60.7 Å². The number of hydrogen-bond acceptors (Lipinski definition) is 5. The van der Waals surface area contributed by atoms with Crippen LogP contribution in [0, 0.1) is 17.2 Å². The lowest BCUT2D eigenvalue weighted by atomic mass is 9.76. The predicted octanol–water partition coefficient (Wildman–Crippen LogP) is 3.43. The van der Waals surface area contributed by atoms with Crippen LogP contribution in [0.2, 0.25) is 0 Å². The van der Waals surface area contributed by atoms with Gasteiger partial charge >= 0.3 is 5.97 Å². The van der Waals surface area contributed by atoms with Gasteiger partial charge in [-0.15, -0.1) is 11.8 Å². The molecule has 0 saturated carbocycles. The Labute approximate surface area is 151 Å². The summed E-state index contributed by atoms with van der Waals surface area (Å²) in [7, 11) is 0. The highest BCUT2D eigenvalue weighted by Crippen LogP contribution is 2.58. The number of ether oxygens (including phenoxy) is 1. The normalized spacial score (nSPS) is 28.3. The third-order valence-electron chi connectivity index (χ3n) is 4.46. The summed E-state index contributed by atoms with van der Waals surface area (Å²) in [6, 6.07) is 20.7. The zero-order chi connectivity index (χ0) is 17.9. The Morgan fingerprint density at radius 3 is 2.36 bits per heavy atom. The van der Waals surface area contributed by atoms with Crippen LogP contribution in [0.3, 0.4) is 0 Å². The van der Waals surface area contributed by atoms with E-state index < -0.39 is 22.7 Å². The molecule has 128 valence electrons. The summed E-state index contributed by atoms with van der Waals surface area (Å²) in [5, 5.41) is 20.2. The summed E-state index contributed by atoms with van der Waals surface area (Å²) in [5.74, 6) is -1.26. The summed E-state index contributed by atoms with van der Waals surface area (Å²) < 4.78 is 5.19. The first-order valence-electron chi connectivity index (χ1n) is 8.17. The first kappa shape index (κ1) is 17.5. The van der Waals surface area contributed by atoms with Gasteiger partial charge in [0, 0.05) is 5.25 Å². The molecule has 4 atom stereocenters. The first-order chi connectivity index (χ1) is 12.1. The fraction of sp³-hybridized carbons (Fsp3) is 0.300. The quantitative estimate of drug-likeness (QED) is 0.853. The average Bonchev–Trinajstić information content (AvgIpc) is 2.97. The minimum atomic E-state index is -1.60. The second-order valence-electron chi connectivity index (χ2n) is 5.90. The molecular formula is C20H19NO3S. The monoisotopic (exact) mass is 353 g/mol. The Bertz CT molecular complexity index is 775. The van der Waals surface area contributed by atoms with Gasteiger partial charge in [0.1, 0.15) is 10.9 Å². The van der Waals surface area contributed by atoms with Crippen molar-refractivity contribution in [2.75, 3.05) is 6.61 Å². The third kappa shape index (κ3) is 3.04. The van der Waals surface area contributed by atoms with Crippen LogP contribution in [0.1, 0.15) is 23.3 Å². The maximum absolute atomic E-state index is 12.6. The van der Waals surface area contributed by atoms with Crippen molar-refractivity contribution in [1.82, 2.24) is 0 Å². The molecule has 1 N–H and O–H groups in total. The number of thioether (sulfide) groups is 1. The van der Waals surface area contributed by atoms with Crippen LogP contribution in [-0.4, -0.2) is 22.9 Å². The highest BCUT2D eigenvalue weighted by molar-refractivity contribution is 8.01. The topological polar surface area (TPSA) is 70.3 Å². The smallest absolute Gasteiger partial charge is 0.322 e. The Morgan fingerprint density at radius 1 is 1.20 bits per heavy atom. The number of carbonyl (C=O) groups is 1. The van der Waals surface area contributed by atoms with Gasteiger partial charge in [0.2, 0.25) is 0 Å². The van der Waals surface area contributed by atoms with Crippen molar-refractivity contribution >= 4 is 17.7 Å². The summed E-state index contributed by atoms with van der Waals surface area (Å²) in [4.78, 5) is 12.6. The molecule has 1 aliphatic rings. The molecular weight excluding hydrogens is 334 g/mol. The molecule has 5 heteroatoms. The van der Waals surface area contributed by atoms with Crippen molar-refractivity contribution in [3.8, 4) is 6.07 Å². The molecule has 2 aromatic rings. The summed E-state index contributed by atoms with van der Waals surface area (Å²) >= 11 is 1.30. The van der Waals surface area contributed by atoms with Gasteiger partial charge in [-0.3, -0.25) is 4.79 Å². The third-order valence-corrected chi connectivity index (χ3v) is 6.12. The predicted molar refractivity (Wildman–Crippen MR) is 96.6 cm³/mol. The van der Waals surface area contributed by atoms with Crippen LogP contribution < -0.4 is 0 Å². The summed E-state index contributed by atoms with van der Waals surface area (Å²) in [6.45, 7) is 1.96. The molecule has 0 spiro atoms. The fourth-order valence-corrected chi connectivity index (χ4v) is 4.99. The standard InChI is InChI=1S/C20H19NO3S/c1-2-24-19(22)18-20(23,15-11-7-4-8-12-15)16(13-21)17(25-18)14-9-5-3-6-10-14/h3-12,16-18,23H,2H2,1H3/t16-,17-,18-,20-/m0/s1. The van der Waals surface area contributed by atoms with Crippen LogP contribution in [0.4, 0.5) is 0 Å². The molecule has 0 radical (unpaired) electrons. The van der Waals surface area contributed by atoms with Crippen LogP contribution in [0.25, 0.3) is 0 Å². The molecule has 1 aliphatic heterocycles. The molecule has 1 saturated heterocycles. The lowest BCUT2D eigenvalue weighted by Crippen LogP contribution is -2.44. The second-order valence-corrected chi connectivity index (χ2v) is 7.15. The molecule has 25 heavy (non-hydrogen) atoms. The van der Waals surface area contributed by atoms with Gasteiger partial charge in [-0.2, -0.15) is 5.26 Å². The minimum Gasteiger partial charge on any atom is -0.465 e. The van der Waals surface area contributed by atoms with E-state index >= 15 is 0 Å². The second kappa shape index (κ2) is 7.30. The molecule has 0 amide bonds. The lowest BCUT2D eigenvalue weighted by molar-refractivity contribution is -0.148. The highest BCUT2D eigenvalue weighted by Gasteiger charge is 2.60. The lowest BCUT2D eigenvalue weighted by Gasteiger charge is -2.31. The SMILES string of the molecule is CCOC(=O)[C@@H]1S[C@@H](c2ccccc2)[C@H](C#N)[C@@]1(O)c1ccccc1. The Kier molecular flexibility index (Phi) is 5.12.